The summed E-state index contributed by atoms with van der Waals surface area (Å²) in [6, 6.07) is 7.99. The lowest BCUT2D eigenvalue weighted by atomic mass is 9.99. The van der Waals surface area contributed by atoms with E-state index in [4.69, 9.17) is 0 Å². The van der Waals surface area contributed by atoms with Gasteiger partial charge in [0.05, 0.1) is 6.20 Å². The Kier molecular flexibility index (Phi) is 5.18. The molecule has 2 nitrogen and oxygen atoms in total. The van der Waals surface area contributed by atoms with E-state index in [0.29, 0.717) is 17.5 Å². The molecule has 2 aromatic rings. The summed E-state index contributed by atoms with van der Waals surface area (Å²) in [5, 5.41) is 3.27. The number of halogens is 2. The first-order valence-corrected chi connectivity index (χ1v) is 6.78. The van der Waals surface area contributed by atoms with Crippen LogP contribution in [0.5, 0.6) is 0 Å². The summed E-state index contributed by atoms with van der Waals surface area (Å²) in [4.78, 5) is 3.76. The topological polar surface area (TPSA) is 24.9 Å². The lowest BCUT2D eigenvalue weighted by Gasteiger charge is -2.19. The third kappa shape index (κ3) is 3.61. The number of benzene rings is 1. The van der Waals surface area contributed by atoms with Gasteiger partial charge in [0.25, 0.3) is 0 Å². The minimum atomic E-state index is -0.363. The van der Waals surface area contributed by atoms with Crippen LogP contribution >= 0.6 is 0 Å². The van der Waals surface area contributed by atoms with Gasteiger partial charge in [-0.05, 0) is 37.1 Å². The molecule has 0 aliphatic carbocycles. The van der Waals surface area contributed by atoms with E-state index in [-0.39, 0.29) is 17.7 Å². The highest BCUT2D eigenvalue weighted by Crippen LogP contribution is 2.22. The van der Waals surface area contributed by atoms with Crippen molar-refractivity contribution in [1.82, 2.24) is 10.3 Å². The molecule has 0 aliphatic rings. The van der Waals surface area contributed by atoms with Crippen molar-refractivity contribution in [3.8, 4) is 0 Å². The molecule has 0 saturated heterocycles. The van der Waals surface area contributed by atoms with Crippen molar-refractivity contribution >= 4 is 0 Å². The second-order valence-corrected chi connectivity index (χ2v) is 4.70. The molecule has 4 heteroatoms. The molecule has 0 saturated carbocycles. The molecule has 0 radical (unpaired) electrons. The molecular weight excluding hydrogens is 258 g/mol. The van der Waals surface area contributed by atoms with E-state index in [0.717, 1.165) is 13.0 Å². The fourth-order valence-corrected chi connectivity index (χ4v) is 2.16. The lowest BCUT2D eigenvalue weighted by Crippen LogP contribution is -2.25. The van der Waals surface area contributed by atoms with E-state index in [1.54, 1.807) is 30.5 Å². The van der Waals surface area contributed by atoms with Gasteiger partial charge in [-0.1, -0.05) is 25.1 Å². The number of rotatable bonds is 6. The van der Waals surface area contributed by atoms with Crippen LogP contribution < -0.4 is 5.32 Å². The zero-order valence-corrected chi connectivity index (χ0v) is 11.4. The van der Waals surface area contributed by atoms with Crippen molar-refractivity contribution in [1.29, 1.82) is 0 Å². The van der Waals surface area contributed by atoms with E-state index in [1.165, 1.54) is 12.3 Å². The summed E-state index contributed by atoms with van der Waals surface area (Å²) >= 11 is 0. The molecule has 106 valence electrons. The average molecular weight is 276 g/mol. The molecule has 1 atom stereocenters. The number of hydrogen-bond donors (Lipinski definition) is 1. The Balaban J connectivity index is 2.24. The van der Waals surface area contributed by atoms with Gasteiger partial charge in [0.15, 0.2) is 0 Å². The molecule has 1 N–H and O–H groups in total. The van der Waals surface area contributed by atoms with Crippen LogP contribution in [0.25, 0.3) is 0 Å². The fraction of sp³-hybridized carbons (Fsp3) is 0.312. The predicted molar refractivity (Wildman–Crippen MR) is 75.3 cm³/mol. The highest BCUT2D eigenvalue weighted by molar-refractivity contribution is 5.24. The van der Waals surface area contributed by atoms with Crippen LogP contribution in [0.15, 0.2) is 42.7 Å². The van der Waals surface area contributed by atoms with Crippen molar-refractivity contribution in [2.45, 2.75) is 25.8 Å². The van der Waals surface area contributed by atoms with Crippen LogP contribution in [0.3, 0.4) is 0 Å². The Morgan fingerprint density at radius 2 is 1.95 bits per heavy atom. The summed E-state index contributed by atoms with van der Waals surface area (Å²) < 4.78 is 27.6. The molecule has 20 heavy (non-hydrogen) atoms. The third-order valence-corrected chi connectivity index (χ3v) is 3.20. The molecular formula is C16H18F2N2. The second-order valence-electron chi connectivity index (χ2n) is 4.70. The third-order valence-electron chi connectivity index (χ3n) is 3.20. The Morgan fingerprint density at radius 1 is 1.15 bits per heavy atom. The first kappa shape index (κ1) is 14.6. The van der Waals surface area contributed by atoms with Crippen molar-refractivity contribution in [2.24, 2.45) is 0 Å². The van der Waals surface area contributed by atoms with Crippen LogP contribution in [-0.2, 0) is 6.42 Å². The maximum Gasteiger partial charge on any atom is 0.146 e. The van der Waals surface area contributed by atoms with E-state index < -0.39 is 0 Å². The van der Waals surface area contributed by atoms with Gasteiger partial charge in [0.2, 0.25) is 0 Å². The molecule has 1 heterocycles. The molecule has 1 unspecified atom stereocenters. The Hall–Kier alpha value is -1.81. The molecule has 0 bridgehead atoms. The first-order chi connectivity index (χ1) is 9.72. The molecule has 0 amide bonds. The minimum absolute atomic E-state index is 0.255. The molecule has 1 aromatic carbocycles. The molecule has 0 fully saturated rings. The van der Waals surface area contributed by atoms with Gasteiger partial charge < -0.3 is 5.32 Å². The van der Waals surface area contributed by atoms with Gasteiger partial charge in [-0.25, -0.2) is 8.78 Å². The standard InChI is InChI=1S/C16H18F2N2/c1-2-8-20-16(13-7-9-19-11-15(13)18)10-12-5-3-4-6-14(12)17/h3-7,9,11,16,20H,2,8,10H2,1H3. The summed E-state index contributed by atoms with van der Waals surface area (Å²) in [5.74, 6) is -0.622. The summed E-state index contributed by atoms with van der Waals surface area (Å²) in [5.41, 5.74) is 1.11. The molecule has 1 aromatic heterocycles. The smallest absolute Gasteiger partial charge is 0.146 e. The zero-order valence-electron chi connectivity index (χ0n) is 11.4. The van der Waals surface area contributed by atoms with E-state index in [9.17, 15) is 8.78 Å². The van der Waals surface area contributed by atoms with Crippen LogP contribution in [0.2, 0.25) is 0 Å². The minimum Gasteiger partial charge on any atom is -0.310 e. The Morgan fingerprint density at radius 3 is 2.65 bits per heavy atom. The highest BCUT2D eigenvalue weighted by Gasteiger charge is 2.17. The Labute approximate surface area is 117 Å². The van der Waals surface area contributed by atoms with Crippen molar-refractivity contribution in [3.63, 3.8) is 0 Å². The highest BCUT2D eigenvalue weighted by atomic mass is 19.1. The molecule has 0 spiro atoms. The van der Waals surface area contributed by atoms with Gasteiger partial charge in [0, 0.05) is 17.8 Å². The van der Waals surface area contributed by atoms with Gasteiger partial charge in [0.1, 0.15) is 11.6 Å². The number of nitrogens with one attached hydrogen (secondary N) is 1. The van der Waals surface area contributed by atoms with Crippen LogP contribution in [0.1, 0.15) is 30.5 Å². The largest absolute Gasteiger partial charge is 0.310 e. The Bertz CT molecular complexity index is 558. The quantitative estimate of drug-likeness (QED) is 0.871. The summed E-state index contributed by atoms with van der Waals surface area (Å²) in [7, 11) is 0. The van der Waals surface area contributed by atoms with Gasteiger partial charge in [-0.3, -0.25) is 4.98 Å². The van der Waals surface area contributed by atoms with Crippen LogP contribution in [0.4, 0.5) is 8.78 Å². The summed E-state index contributed by atoms with van der Waals surface area (Å²) in [6.07, 6.45) is 4.09. The summed E-state index contributed by atoms with van der Waals surface area (Å²) in [6.45, 7) is 2.79. The monoisotopic (exact) mass is 276 g/mol. The first-order valence-electron chi connectivity index (χ1n) is 6.78. The van der Waals surface area contributed by atoms with Crippen molar-refractivity contribution < 1.29 is 8.78 Å². The fourth-order valence-electron chi connectivity index (χ4n) is 2.16. The zero-order chi connectivity index (χ0) is 14.4. The molecule has 0 aliphatic heterocycles. The number of hydrogen-bond acceptors (Lipinski definition) is 2. The van der Waals surface area contributed by atoms with E-state index in [2.05, 4.69) is 10.3 Å². The normalized spacial score (nSPS) is 12.3. The van der Waals surface area contributed by atoms with Gasteiger partial charge >= 0.3 is 0 Å². The second kappa shape index (κ2) is 7.10. The maximum absolute atomic E-state index is 13.9. The predicted octanol–water partition coefficient (Wildman–Crippen LogP) is 3.64. The SMILES string of the molecule is CCCNC(Cc1ccccc1F)c1ccncc1F. The number of aromatic nitrogens is 1. The lowest BCUT2D eigenvalue weighted by molar-refractivity contribution is 0.485. The number of nitrogens with zero attached hydrogens (tertiary/aromatic N) is 1. The van der Waals surface area contributed by atoms with Gasteiger partial charge in [-0.2, -0.15) is 0 Å². The van der Waals surface area contributed by atoms with E-state index in [1.807, 2.05) is 6.92 Å². The van der Waals surface area contributed by atoms with Crippen LogP contribution in [0, 0.1) is 11.6 Å². The van der Waals surface area contributed by atoms with Crippen molar-refractivity contribution in [2.75, 3.05) is 6.54 Å². The maximum atomic E-state index is 13.9. The average Bonchev–Trinajstić information content (AvgIpc) is 2.46. The number of pyridine rings is 1. The van der Waals surface area contributed by atoms with Crippen LogP contribution in [-0.4, -0.2) is 11.5 Å². The van der Waals surface area contributed by atoms with E-state index >= 15 is 0 Å². The molecule has 2 rings (SSSR count). The van der Waals surface area contributed by atoms with Crippen molar-refractivity contribution in [3.05, 3.63) is 65.5 Å². The van der Waals surface area contributed by atoms with Gasteiger partial charge in [-0.15, -0.1) is 0 Å².